The van der Waals surface area contributed by atoms with Crippen molar-refractivity contribution in [3.63, 3.8) is 0 Å². The normalized spacial score (nSPS) is 16.6. The zero-order valence-electron chi connectivity index (χ0n) is 11.5. The smallest absolute Gasteiger partial charge is 0.312 e. The third-order valence-electron chi connectivity index (χ3n) is 3.28. The second kappa shape index (κ2) is 6.37. The number of anilines is 1. The SMILES string of the molecule is CNc1cccc(S(=O)(=O)NC2CCOCC2)c1[N+](=O)[O-]. The van der Waals surface area contributed by atoms with Gasteiger partial charge in [-0.3, -0.25) is 10.1 Å². The van der Waals surface area contributed by atoms with Gasteiger partial charge in [0.25, 0.3) is 0 Å². The van der Waals surface area contributed by atoms with E-state index in [4.69, 9.17) is 4.74 Å². The molecule has 1 heterocycles. The van der Waals surface area contributed by atoms with Gasteiger partial charge in [-0.05, 0) is 25.0 Å². The Morgan fingerprint density at radius 1 is 1.33 bits per heavy atom. The Hall–Kier alpha value is -1.71. The van der Waals surface area contributed by atoms with Crippen LogP contribution in [0.4, 0.5) is 11.4 Å². The summed E-state index contributed by atoms with van der Waals surface area (Å²) in [6.45, 7) is 0.956. The summed E-state index contributed by atoms with van der Waals surface area (Å²) in [5, 5.41) is 13.8. The van der Waals surface area contributed by atoms with E-state index in [1.807, 2.05) is 0 Å². The van der Waals surface area contributed by atoms with Crippen LogP contribution >= 0.6 is 0 Å². The first-order valence-electron chi connectivity index (χ1n) is 6.51. The van der Waals surface area contributed by atoms with Gasteiger partial charge < -0.3 is 10.1 Å². The van der Waals surface area contributed by atoms with Gasteiger partial charge in [0, 0.05) is 26.3 Å². The molecule has 1 aromatic carbocycles. The number of para-hydroxylation sites is 1. The molecule has 0 unspecified atom stereocenters. The zero-order chi connectivity index (χ0) is 15.5. The van der Waals surface area contributed by atoms with Gasteiger partial charge in [0.15, 0.2) is 4.90 Å². The molecule has 0 aliphatic carbocycles. The monoisotopic (exact) mass is 315 g/mol. The fourth-order valence-electron chi connectivity index (χ4n) is 2.23. The lowest BCUT2D eigenvalue weighted by Crippen LogP contribution is -2.39. The first-order chi connectivity index (χ1) is 9.95. The van der Waals surface area contributed by atoms with Crippen molar-refractivity contribution in [3.05, 3.63) is 28.3 Å². The Kier molecular flexibility index (Phi) is 4.76. The quantitative estimate of drug-likeness (QED) is 0.621. The van der Waals surface area contributed by atoms with Crippen molar-refractivity contribution in [3.8, 4) is 0 Å². The highest BCUT2D eigenvalue weighted by Crippen LogP contribution is 2.31. The van der Waals surface area contributed by atoms with Crippen molar-refractivity contribution in [1.82, 2.24) is 4.72 Å². The third-order valence-corrected chi connectivity index (χ3v) is 4.84. The molecule has 1 fully saturated rings. The highest BCUT2D eigenvalue weighted by Gasteiger charge is 2.30. The molecule has 1 saturated heterocycles. The van der Waals surface area contributed by atoms with Gasteiger partial charge in [0.1, 0.15) is 5.69 Å². The van der Waals surface area contributed by atoms with E-state index in [1.165, 1.54) is 25.2 Å². The molecule has 0 amide bonds. The molecule has 0 bridgehead atoms. The lowest BCUT2D eigenvalue weighted by Gasteiger charge is -2.23. The molecule has 0 radical (unpaired) electrons. The predicted octanol–water partition coefficient (Wildman–Crippen LogP) is 1.09. The van der Waals surface area contributed by atoms with E-state index in [1.54, 1.807) is 0 Å². The molecule has 1 aliphatic rings. The number of rotatable bonds is 5. The maximum Gasteiger partial charge on any atom is 0.312 e. The van der Waals surface area contributed by atoms with Crippen LogP contribution in [0.5, 0.6) is 0 Å². The minimum atomic E-state index is -3.96. The van der Waals surface area contributed by atoms with Gasteiger partial charge in [-0.2, -0.15) is 0 Å². The van der Waals surface area contributed by atoms with Gasteiger partial charge in [0.05, 0.1) is 4.92 Å². The van der Waals surface area contributed by atoms with Crippen LogP contribution in [-0.4, -0.2) is 39.6 Å². The maximum atomic E-state index is 12.4. The summed E-state index contributed by atoms with van der Waals surface area (Å²) in [6, 6.07) is 3.91. The Bertz CT molecular complexity index is 626. The van der Waals surface area contributed by atoms with E-state index in [0.717, 1.165) is 0 Å². The van der Waals surface area contributed by atoms with E-state index in [0.29, 0.717) is 26.1 Å². The second-order valence-electron chi connectivity index (χ2n) is 4.67. The lowest BCUT2D eigenvalue weighted by molar-refractivity contribution is -0.386. The second-order valence-corrected chi connectivity index (χ2v) is 6.35. The maximum absolute atomic E-state index is 12.4. The van der Waals surface area contributed by atoms with Crippen LogP contribution in [0.1, 0.15) is 12.8 Å². The van der Waals surface area contributed by atoms with Crippen LogP contribution in [0.3, 0.4) is 0 Å². The molecule has 116 valence electrons. The standard InChI is InChI=1S/C12H17N3O5S/c1-13-10-3-2-4-11(12(10)15(16)17)21(18,19)14-9-5-7-20-8-6-9/h2-4,9,13-14H,5-8H2,1H3. The minimum absolute atomic E-state index is 0.162. The number of nitro benzene ring substituents is 1. The predicted molar refractivity (Wildman–Crippen MR) is 76.8 cm³/mol. The van der Waals surface area contributed by atoms with Crippen LogP contribution in [0.2, 0.25) is 0 Å². The first kappa shape index (κ1) is 15.7. The summed E-state index contributed by atoms with van der Waals surface area (Å²) in [6.07, 6.45) is 1.11. The summed E-state index contributed by atoms with van der Waals surface area (Å²) in [4.78, 5) is 10.2. The number of nitrogens with zero attached hydrogens (tertiary/aromatic N) is 1. The topological polar surface area (TPSA) is 111 Å². The largest absolute Gasteiger partial charge is 0.383 e. The summed E-state index contributed by atoms with van der Waals surface area (Å²) >= 11 is 0. The van der Waals surface area contributed by atoms with E-state index in [9.17, 15) is 18.5 Å². The van der Waals surface area contributed by atoms with Gasteiger partial charge in [-0.25, -0.2) is 13.1 Å². The van der Waals surface area contributed by atoms with Crippen LogP contribution in [0.25, 0.3) is 0 Å². The third kappa shape index (κ3) is 3.49. The van der Waals surface area contributed by atoms with Gasteiger partial charge >= 0.3 is 5.69 Å². The summed E-state index contributed by atoms with van der Waals surface area (Å²) in [7, 11) is -2.45. The minimum Gasteiger partial charge on any atom is -0.383 e. The molecule has 9 heteroatoms. The van der Waals surface area contributed by atoms with E-state index < -0.39 is 20.6 Å². The first-order valence-corrected chi connectivity index (χ1v) is 7.99. The molecule has 0 saturated carbocycles. The average Bonchev–Trinajstić information content (AvgIpc) is 2.46. The van der Waals surface area contributed by atoms with Crippen molar-refractivity contribution in [2.75, 3.05) is 25.6 Å². The van der Waals surface area contributed by atoms with Crippen molar-refractivity contribution < 1.29 is 18.1 Å². The summed E-state index contributed by atoms with van der Waals surface area (Å²) in [5.41, 5.74) is -0.283. The molecule has 8 nitrogen and oxygen atoms in total. The molecule has 0 spiro atoms. The highest BCUT2D eigenvalue weighted by molar-refractivity contribution is 7.89. The van der Waals surface area contributed by atoms with Crippen molar-refractivity contribution in [2.45, 2.75) is 23.8 Å². The number of ether oxygens (including phenoxy) is 1. The molecule has 21 heavy (non-hydrogen) atoms. The number of hydrogen-bond donors (Lipinski definition) is 2. The Labute approximate surface area is 122 Å². The highest BCUT2D eigenvalue weighted by atomic mass is 32.2. The van der Waals surface area contributed by atoms with E-state index in [2.05, 4.69) is 10.0 Å². The number of nitro groups is 1. The zero-order valence-corrected chi connectivity index (χ0v) is 12.4. The van der Waals surface area contributed by atoms with Crippen molar-refractivity contribution in [2.24, 2.45) is 0 Å². The fraction of sp³-hybridized carbons (Fsp3) is 0.500. The average molecular weight is 315 g/mol. The number of benzene rings is 1. The van der Waals surface area contributed by atoms with E-state index >= 15 is 0 Å². The molecule has 2 N–H and O–H groups in total. The fourth-order valence-corrected chi connectivity index (χ4v) is 3.73. The molecular formula is C12H17N3O5S. The molecular weight excluding hydrogens is 298 g/mol. The van der Waals surface area contributed by atoms with Crippen LogP contribution in [-0.2, 0) is 14.8 Å². The van der Waals surface area contributed by atoms with Crippen molar-refractivity contribution >= 4 is 21.4 Å². The molecule has 0 aromatic heterocycles. The van der Waals surface area contributed by atoms with Gasteiger partial charge in [-0.15, -0.1) is 0 Å². The van der Waals surface area contributed by atoms with Gasteiger partial charge in [0.2, 0.25) is 10.0 Å². The van der Waals surface area contributed by atoms with Crippen LogP contribution in [0, 0.1) is 10.1 Å². The number of hydrogen-bond acceptors (Lipinski definition) is 6. The number of nitrogens with one attached hydrogen (secondary N) is 2. The molecule has 0 atom stereocenters. The Morgan fingerprint density at radius 2 is 2.00 bits per heavy atom. The Balaban J connectivity index is 2.37. The van der Waals surface area contributed by atoms with Crippen LogP contribution in [0.15, 0.2) is 23.1 Å². The lowest BCUT2D eigenvalue weighted by atomic mass is 10.1. The van der Waals surface area contributed by atoms with E-state index in [-0.39, 0.29) is 16.6 Å². The molecule has 1 aliphatic heterocycles. The van der Waals surface area contributed by atoms with Crippen LogP contribution < -0.4 is 10.0 Å². The summed E-state index contributed by atoms with van der Waals surface area (Å²) in [5.74, 6) is 0. The summed E-state index contributed by atoms with van der Waals surface area (Å²) < 4.78 is 32.5. The molecule has 2 rings (SSSR count). The Morgan fingerprint density at radius 3 is 2.57 bits per heavy atom. The van der Waals surface area contributed by atoms with Gasteiger partial charge in [-0.1, -0.05) is 6.07 Å². The molecule has 1 aromatic rings. The number of sulfonamides is 1. The van der Waals surface area contributed by atoms with Crippen molar-refractivity contribution in [1.29, 1.82) is 0 Å².